The molecular formula is C14H19N3O2. The number of amides is 2. The fourth-order valence-corrected chi connectivity index (χ4v) is 2.17. The molecule has 19 heavy (non-hydrogen) atoms. The summed E-state index contributed by atoms with van der Waals surface area (Å²) in [6.45, 7) is 2.73. The molecule has 1 aliphatic rings. The zero-order chi connectivity index (χ0) is 13.7. The number of carbonyl (C=O) groups is 2. The van der Waals surface area contributed by atoms with Crippen molar-refractivity contribution < 1.29 is 9.59 Å². The SMILES string of the molecule is Cc1ccnc(NC(=O)CN2CCCCCC2=O)c1. The van der Waals surface area contributed by atoms with Crippen molar-refractivity contribution in [3.05, 3.63) is 23.9 Å². The maximum absolute atomic E-state index is 11.9. The van der Waals surface area contributed by atoms with Gasteiger partial charge in [0.2, 0.25) is 11.8 Å². The van der Waals surface area contributed by atoms with Gasteiger partial charge >= 0.3 is 0 Å². The summed E-state index contributed by atoms with van der Waals surface area (Å²) in [5, 5.41) is 2.73. The fraction of sp³-hybridized carbons (Fsp3) is 0.500. The highest BCUT2D eigenvalue weighted by Crippen LogP contribution is 2.11. The molecule has 0 atom stereocenters. The Morgan fingerprint density at radius 2 is 2.26 bits per heavy atom. The summed E-state index contributed by atoms with van der Waals surface area (Å²) < 4.78 is 0. The van der Waals surface area contributed by atoms with Gasteiger partial charge in [0.15, 0.2) is 0 Å². The summed E-state index contributed by atoms with van der Waals surface area (Å²) in [4.78, 5) is 29.4. The lowest BCUT2D eigenvalue weighted by molar-refractivity contribution is -0.134. The van der Waals surface area contributed by atoms with E-state index in [1.54, 1.807) is 11.1 Å². The minimum absolute atomic E-state index is 0.0739. The molecule has 1 aliphatic heterocycles. The van der Waals surface area contributed by atoms with E-state index in [1.165, 1.54) is 0 Å². The van der Waals surface area contributed by atoms with Crippen LogP contribution in [0.3, 0.4) is 0 Å². The molecule has 2 heterocycles. The van der Waals surface area contributed by atoms with Gasteiger partial charge < -0.3 is 10.2 Å². The Hall–Kier alpha value is -1.91. The van der Waals surface area contributed by atoms with Crippen LogP contribution in [0.25, 0.3) is 0 Å². The van der Waals surface area contributed by atoms with Crippen molar-refractivity contribution in [1.29, 1.82) is 0 Å². The standard InChI is InChI=1S/C14H19N3O2/c1-11-6-7-15-12(9-11)16-13(18)10-17-8-4-2-3-5-14(17)19/h6-7,9H,2-5,8,10H2,1H3,(H,15,16,18). The topological polar surface area (TPSA) is 62.3 Å². The average Bonchev–Trinajstić information content (AvgIpc) is 2.55. The van der Waals surface area contributed by atoms with Crippen molar-refractivity contribution >= 4 is 17.6 Å². The predicted octanol–water partition coefficient (Wildman–Crippen LogP) is 1.73. The van der Waals surface area contributed by atoms with Crippen molar-refractivity contribution in [3.63, 3.8) is 0 Å². The second-order valence-corrected chi connectivity index (χ2v) is 4.89. The zero-order valence-electron chi connectivity index (χ0n) is 11.2. The first-order chi connectivity index (χ1) is 9.15. The van der Waals surface area contributed by atoms with E-state index in [2.05, 4.69) is 10.3 Å². The van der Waals surface area contributed by atoms with Crippen LogP contribution < -0.4 is 5.32 Å². The van der Waals surface area contributed by atoms with Crippen LogP contribution in [-0.4, -0.2) is 34.8 Å². The lowest BCUT2D eigenvalue weighted by atomic mass is 10.2. The molecule has 5 heteroatoms. The Morgan fingerprint density at radius 3 is 3.05 bits per heavy atom. The number of anilines is 1. The number of rotatable bonds is 3. The fourth-order valence-electron chi connectivity index (χ4n) is 2.17. The Balaban J connectivity index is 1.91. The van der Waals surface area contributed by atoms with E-state index in [1.807, 2.05) is 19.1 Å². The number of nitrogens with zero attached hydrogens (tertiary/aromatic N) is 2. The summed E-state index contributed by atoms with van der Waals surface area (Å²) in [5.41, 5.74) is 1.04. The van der Waals surface area contributed by atoms with Gasteiger partial charge in [-0.25, -0.2) is 4.98 Å². The molecule has 2 rings (SSSR count). The number of pyridine rings is 1. The molecule has 2 amide bonds. The molecule has 0 spiro atoms. The minimum atomic E-state index is -0.187. The number of carbonyl (C=O) groups excluding carboxylic acids is 2. The van der Waals surface area contributed by atoms with Crippen LogP contribution in [0.2, 0.25) is 0 Å². The van der Waals surface area contributed by atoms with Gasteiger partial charge in [-0.3, -0.25) is 9.59 Å². The van der Waals surface area contributed by atoms with Gasteiger partial charge in [-0.2, -0.15) is 0 Å². The normalized spacial score (nSPS) is 16.1. The van der Waals surface area contributed by atoms with Crippen LogP contribution in [0, 0.1) is 6.92 Å². The third-order valence-corrected chi connectivity index (χ3v) is 3.19. The predicted molar refractivity (Wildman–Crippen MR) is 72.7 cm³/mol. The van der Waals surface area contributed by atoms with Gasteiger partial charge in [0.25, 0.3) is 0 Å². The third kappa shape index (κ3) is 4.05. The molecule has 1 saturated heterocycles. The zero-order valence-corrected chi connectivity index (χ0v) is 11.2. The van der Waals surface area contributed by atoms with Gasteiger partial charge in [0, 0.05) is 19.2 Å². The van der Waals surface area contributed by atoms with Gasteiger partial charge in [-0.05, 0) is 37.5 Å². The van der Waals surface area contributed by atoms with Crippen LogP contribution in [0.15, 0.2) is 18.3 Å². The highest BCUT2D eigenvalue weighted by Gasteiger charge is 2.19. The van der Waals surface area contributed by atoms with Crippen molar-refractivity contribution in [2.24, 2.45) is 0 Å². The van der Waals surface area contributed by atoms with E-state index in [0.717, 1.165) is 24.8 Å². The summed E-state index contributed by atoms with van der Waals surface area (Å²) >= 11 is 0. The first kappa shape index (κ1) is 13.5. The van der Waals surface area contributed by atoms with Crippen LogP contribution in [0.1, 0.15) is 31.2 Å². The Bertz CT molecular complexity index is 474. The van der Waals surface area contributed by atoms with Crippen LogP contribution >= 0.6 is 0 Å². The summed E-state index contributed by atoms with van der Waals surface area (Å²) in [6, 6.07) is 3.68. The van der Waals surface area contributed by atoms with E-state index >= 15 is 0 Å². The van der Waals surface area contributed by atoms with Crippen molar-refractivity contribution in [2.45, 2.75) is 32.6 Å². The third-order valence-electron chi connectivity index (χ3n) is 3.19. The van der Waals surface area contributed by atoms with Gasteiger partial charge in [-0.15, -0.1) is 0 Å². The second kappa shape index (κ2) is 6.31. The van der Waals surface area contributed by atoms with Crippen molar-refractivity contribution in [1.82, 2.24) is 9.88 Å². The quantitative estimate of drug-likeness (QED) is 0.901. The van der Waals surface area contributed by atoms with E-state index in [-0.39, 0.29) is 18.4 Å². The van der Waals surface area contributed by atoms with E-state index < -0.39 is 0 Å². The van der Waals surface area contributed by atoms with E-state index in [9.17, 15) is 9.59 Å². The highest BCUT2D eigenvalue weighted by molar-refractivity contribution is 5.93. The molecule has 1 aromatic rings. The second-order valence-electron chi connectivity index (χ2n) is 4.89. The lowest BCUT2D eigenvalue weighted by Crippen LogP contribution is -2.37. The lowest BCUT2D eigenvalue weighted by Gasteiger charge is -2.19. The van der Waals surface area contributed by atoms with Crippen LogP contribution in [0.4, 0.5) is 5.82 Å². The number of aryl methyl sites for hydroxylation is 1. The summed E-state index contributed by atoms with van der Waals surface area (Å²) in [6.07, 6.45) is 5.17. The molecule has 1 fully saturated rings. The number of aromatic nitrogens is 1. The minimum Gasteiger partial charge on any atom is -0.333 e. The summed E-state index contributed by atoms with van der Waals surface area (Å²) in [7, 11) is 0. The Morgan fingerprint density at radius 1 is 1.42 bits per heavy atom. The molecule has 5 nitrogen and oxygen atoms in total. The monoisotopic (exact) mass is 261 g/mol. The van der Waals surface area contributed by atoms with Crippen LogP contribution in [-0.2, 0) is 9.59 Å². The molecule has 0 unspecified atom stereocenters. The van der Waals surface area contributed by atoms with E-state index in [0.29, 0.717) is 18.8 Å². The molecule has 0 aromatic carbocycles. The molecule has 0 bridgehead atoms. The molecule has 0 aliphatic carbocycles. The van der Waals surface area contributed by atoms with E-state index in [4.69, 9.17) is 0 Å². The first-order valence-corrected chi connectivity index (χ1v) is 6.65. The Labute approximate surface area is 113 Å². The molecule has 0 radical (unpaired) electrons. The maximum atomic E-state index is 11.9. The molecule has 102 valence electrons. The van der Waals surface area contributed by atoms with Gasteiger partial charge in [0.05, 0.1) is 6.54 Å². The van der Waals surface area contributed by atoms with Crippen LogP contribution in [0.5, 0.6) is 0 Å². The highest BCUT2D eigenvalue weighted by atomic mass is 16.2. The molecular weight excluding hydrogens is 242 g/mol. The Kier molecular flexibility index (Phi) is 4.49. The first-order valence-electron chi connectivity index (χ1n) is 6.65. The number of hydrogen-bond acceptors (Lipinski definition) is 3. The van der Waals surface area contributed by atoms with Crippen molar-refractivity contribution in [2.75, 3.05) is 18.4 Å². The smallest absolute Gasteiger partial charge is 0.245 e. The van der Waals surface area contributed by atoms with Crippen molar-refractivity contribution in [3.8, 4) is 0 Å². The number of hydrogen-bond donors (Lipinski definition) is 1. The van der Waals surface area contributed by atoms with Gasteiger partial charge in [0.1, 0.15) is 5.82 Å². The maximum Gasteiger partial charge on any atom is 0.245 e. The molecule has 1 aromatic heterocycles. The molecule has 1 N–H and O–H groups in total. The molecule has 0 saturated carbocycles. The van der Waals surface area contributed by atoms with Gasteiger partial charge in [-0.1, -0.05) is 6.42 Å². The number of nitrogens with one attached hydrogen (secondary N) is 1. The summed E-state index contributed by atoms with van der Waals surface area (Å²) in [5.74, 6) is 0.422. The average molecular weight is 261 g/mol. The number of likely N-dealkylation sites (tertiary alicyclic amines) is 1. The largest absolute Gasteiger partial charge is 0.333 e.